The van der Waals surface area contributed by atoms with Crippen LogP contribution in [0, 0.1) is 0 Å². The molecule has 2 N–H and O–H groups in total. The summed E-state index contributed by atoms with van der Waals surface area (Å²) < 4.78 is 0. The van der Waals surface area contributed by atoms with Crippen LogP contribution in [0.2, 0.25) is 0 Å². The summed E-state index contributed by atoms with van der Waals surface area (Å²) in [6.07, 6.45) is 6.60. The number of aromatic nitrogens is 5. The Balaban J connectivity index is 1.54. The Morgan fingerprint density at radius 3 is 2.78 bits per heavy atom. The lowest BCUT2D eigenvalue weighted by Gasteiger charge is -2.03. The molecule has 114 valence electrons. The van der Waals surface area contributed by atoms with Gasteiger partial charge in [0.1, 0.15) is 0 Å². The van der Waals surface area contributed by atoms with Gasteiger partial charge >= 0.3 is 0 Å². The number of tetrazole rings is 1. The van der Waals surface area contributed by atoms with Crippen molar-refractivity contribution in [1.82, 2.24) is 30.9 Å². The van der Waals surface area contributed by atoms with Gasteiger partial charge in [-0.15, -0.1) is 10.2 Å². The smallest absolute Gasteiger partial charge is 0.244 e. The number of amides is 1. The SMILES string of the molecule is O=C(/C=C/c1cccnc1)NCc1ccc(-c2nn[nH]n2)cc1. The van der Waals surface area contributed by atoms with Crippen LogP contribution in [0.5, 0.6) is 0 Å². The zero-order valence-electron chi connectivity index (χ0n) is 12.2. The van der Waals surface area contributed by atoms with Gasteiger partial charge in [0.15, 0.2) is 0 Å². The highest BCUT2D eigenvalue weighted by atomic mass is 16.1. The van der Waals surface area contributed by atoms with Crippen LogP contribution >= 0.6 is 0 Å². The lowest BCUT2D eigenvalue weighted by Crippen LogP contribution is -2.20. The number of pyridine rings is 1. The molecule has 1 amide bonds. The van der Waals surface area contributed by atoms with E-state index in [4.69, 9.17) is 0 Å². The van der Waals surface area contributed by atoms with Crippen LogP contribution in [0.1, 0.15) is 11.1 Å². The summed E-state index contributed by atoms with van der Waals surface area (Å²) in [4.78, 5) is 15.8. The van der Waals surface area contributed by atoms with Crippen molar-refractivity contribution in [2.24, 2.45) is 0 Å². The Labute approximate surface area is 132 Å². The Kier molecular flexibility index (Phi) is 4.49. The van der Waals surface area contributed by atoms with Crippen molar-refractivity contribution < 1.29 is 4.79 Å². The van der Waals surface area contributed by atoms with Gasteiger partial charge in [-0.3, -0.25) is 9.78 Å². The molecule has 0 spiro atoms. The van der Waals surface area contributed by atoms with Gasteiger partial charge in [0.25, 0.3) is 0 Å². The predicted octanol–water partition coefficient (Wildman–Crippen LogP) is 1.59. The van der Waals surface area contributed by atoms with E-state index in [1.54, 1.807) is 18.5 Å². The predicted molar refractivity (Wildman–Crippen MR) is 84.7 cm³/mol. The first-order valence-corrected chi connectivity index (χ1v) is 7.00. The molecule has 0 aliphatic heterocycles. The van der Waals surface area contributed by atoms with E-state index < -0.39 is 0 Å². The Morgan fingerprint density at radius 1 is 1.22 bits per heavy atom. The molecule has 0 fully saturated rings. The molecule has 7 nitrogen and oxygen atoms in total. The number of nitrogens with zero attached hydrogens (tertiary/aromatic N) is 4. The average Bonchev–Trinajstić information content (AvgIpc) is 3.14. The molecule has 0 radical (unpaired) electrons. The fourth-order valence-electron chi connectivity index (χ4n) is 1.95. The van der Waals surface area contributed by atoms with Crippen LogP contribution in [0.3, 0.4) is 0 Å². The van der Waals surface area contributed by atoms with Crippen molar-refractivity contribution in [2.75, 3.05) is 0 Å². The molecule has 0 saturated heterocycles. The van der Waals surface area contributed by atoms with E-state index in [0.29, 0.717) is 12.4 Å². The summed E-state index contributed by atoms with van der Waals surface area (Å²) >= 11 is 0. The highest BCUT2D eigenvalue weighted by molar-refractivity contribution is 5.91. The van der Waals surface area contributed by atoms with Crippen molar-refractivity contribution >= 4 is 12.0 Å². The van der Waals surface area contributed by atoms with E-state index in [1.165, 1.54) is 6.08 Å². The van der Waals surface area contributed by atoms with E-state index in [1.807, 2.05) is 36.4 Å². The van der Waals surface area contributed by atoms with Crippen molar-refractivity contribution in [3.05, 3.63) is 66.0 Å². The number of carbonyl (C=O) groups is 1. The highest BCUT2D eigenvalue weighted by Gasteiger charge is 2.03. The van der Waals surface area contributed by atoms with Gasteiger partial charge in [-0.05, 0) is 28.5 Å². The molecule has 1 aromatic carbocycles. The third kappa shape index (κ3) is 4.07. The van der Waals surface area contributed by atoms with Gasteiger partial charge in [-0.2, -0.15) is 5.21 Å². The second-order valence-corrected chi connectivity index (χ2v) is 4.77. The molecule has 23 heavy (non-hydrogen) atoms. The first kappa shape index (κ1) is 14.6. The maximum atomic E-state index is 11.8. The molecule has 7 heteroatoms. The van der Waals surface area contributed by atoms with Crippen LogP contribution in [-0.2, 0) is 11.3 Å². The van der Waals surface area contributed by atoms with Gasteiger partial charge in [0.2, 0.25) is 11.7 Å². The highest BCUT2D eigenvalue weighted by Crippen LogP contribution is 2.13. The summed E-state index contributed by atoms with van der Waals surface area (Å²) in [6.45, 7) is 0.447. The molecule has 0 aliphatic rings. The molecular weight excluding hydrogens is 292 g/mol. The number of H-pyrrole nitrogens is 1. The topological polar surface area (TPSA) is 96.5 Å². The largest absolute Gasteiger partial charge is 0.348 e. The van der Waals surface area contributed by atoms with Crippen molar-refractivity contribution in [3.63, 3.8) is 0 Å². The number of rotatable bonds is 5. The number of carbonyl (C=O) groups excluding carboxylic acids is 1. The maximum absolute atomic E-state index is 11.8. The third-order valence-electron chi connectivity index (χ3n) is 3.14. The van der Waals surface area contributed by atoms with E-state index in [0.717, 1.165) is 16.7 Å². The second-order valence-electron chi connectivity index (χ2n) is 4.77. The monoisotopic (exact) mass is 306 g/mol. The summed E-state index contributed by atoms with van der Waals surface area (Å²) in [5.41, 5.74) is 2.73. The first-order chi connectivity index (χ1) is 11.3. The molecule has 3 aromatic rings. The Hall–Kier alpha value is -3.35. The van der Waals surface area contributed by atoms with E-state index in [9.17, 15) is 4.79 Å². The molecule has 0 unspecified atom stereocenters. The van der Waals surface area contributed by atoms with Crippen molar-refractivity contribution in [1.29, 1.82) is 0 Å². The summed E-state index contributed by atoms with van der Waals surface area (Å²) in [7, 11) is 0. The fourth-order valence-corrected chi connectivity index (χ4v) is 1.95. The number of benzene rings is 1. The molecule has 3 rings (SSSR count). The van der Waals surface area contributed by atoms with Gasteiger partial charge in [-0.1, -0.05) is 30.3 Å². The van der Waals surface area contributed by atoms with Gasteiger partial charge in [0.05, 0.1) is 0 Å². The number of hydrogen-bond acceptors (Lipinski definition) is 5. The van der Waals surface area contributed by atoms with Crippen LogP contribution in [0.25, 0.3) is 17.5 Å². The minimum atomic E-state index is -0.156. The molecule has 0 bridgehead atoms. The maximum Gasteiger partial charge on any atom is 0.244 e. The number of aromatic amines is 1. The fraction of sp³-hybridized carbons (Fsp3) is 0.0625. The molecule has 0 atom stereocenters. The van der Waals surface area contributed by atoms with Crippen LogP contribution < -0.4 is 5.32 Å². The average molecular weight is 306 g/mol. The number of nitrogens with one attached hydrogen (secondary N) is 2. The summed E-state index contributed by atoms with van der Waals surface area (Å²) in [5.74, 6) is 0.385. The van der Waals surface area contributed by atoms with Crippen molar-refractivity contribution in [2.45, 2.75) is 6.54 Å². The van der Waals surface area contributed by atoms with Gasteiger partial charge in [0, 0.05) is 30.6 Å². The standard InChI is InChI=1S/C16H14N6O/c23-15(8-5-12-2-1-9-17-10-12)18-11-13-3-6-14(7-4-13)16-19-21-22-20-16/h1-10H,11H2,(H,18,23)(H,19,20,21,22)/b8-5+. The van der Waals surface area contributed by atoms with E-state index >= 15 is 0 Å². The van der Waals surface area contributed by atoms with E-state index in [2.05, 4.69) is 30.9 Å². The number of hydrogen-bond donors (Lipinski definition) is 2. The third-order valence-corrected chi connectivity index (χ3v) is 3.14. The van der Waals surface area contributed by atoms with Crippen molar-refractivity contribution in [3.8, 4) is 11.4 Å². The molecule has 0 aliphatic carbocycles. The minimum absolute atomic E-state index is 0.156. The van der Waals surface area contributed by atoms with Gasteiger partial charge in [-0.25, -0.2) is 0 Å². The molecule has 2 aromatic heterocycles. The zero-order chi connectivity index (χ0) is 15.9. The summed E-state index contributed by atoms with van der Waals surface area (Å²) in [6, 6.07) is 11.3. The quantitative estimate of drug-likeness (QED) is 0.698. The van der Waals surface area contributed by atoms with E-state index in [-0.39, 0.29) is 5.91 Å². The van der Waals surface area contributed by atoms with Gasteiger partial charge < -0.3 is 5.32 Å². The molecule has 0 saturated carbocycles. The van der Waals surface area contributed by atoms with Crippen LogP contribution in [0.4, 0.5) is 0 Å². The van der Waals surface area contributed by atoms with Crippen LogP contribution in [-0.4, -0.2) is 31.5 Å². The molecule has 2 heterocycles. The summed E-state index contributed by atoms with van der Waals surface area (Å²) in [5, 5.41) is 16.6. The minimum Gasteiger partial charge on any atom is -0.348 e. The normalized spacial score (nSPS) is 10.8. The molecular formula is C16H14N6O. The second kappa shape index (κ2) is 7.08. The Bertz CT molecular complexity index is 781. The first-order valence-electron chi connectivity index (χ1n) is 7.00. The lowest BCUT2D eigenvalue weighted by molar-refractivity contribution is -0.116. The Morgan fingerprint density at radius 2 is 2.09 bits per heavy atom. The zero-order valence-corrected chi connectivity index (χ0v) is 12.2. The lowest BCUT2D eigenvalue weighted by atomic mass is 10.1. The van der Waals surface area contributed by atoms with Crippen LogP contribution in [0.15, 0.2) is 54.9 Å².